The number of fused-ring (bicyclic) bond motifs is 1. The molecule has 1 saturated heterocycles. The van der Waals surface area contributed by atoms with Gasteiger partial charge in [-0.15, -0.1) is 0 Å². The van der Waals surface area contributed by atoms with Crippen molar-refractivity contribution in [2.24, 2.45) is 0 Å². The van der Waals surface area contributed by atoms with Gasteiger partial charge >= 0.3 is 88.7 Å². The van der Waals surface area contributed by atoms with Crippen LogP contribution in [0.5, 0.6) is 0 Å². The maximum Gasteiger partial charge on any atom is 1.00 e. The van der Waals surface area contributed by atoms with E-state index in [1.807, 2.05) is 0 Å². The number of aromatic nitrogens is 4. The predicted octanol–water partition coefficient (Wildman–Crippen LogP) is -11.7. The van der Waals surface area contributed by atoms with E-state index in [1.165, 1.54) is 22.7 Å². The molecule has 0 bridgehead atoms. The van der Waals surface area contributed by atoms with Crippen LogP contribution in [0.3, 0.4) is 0 Å². The molecule has 0 aliphatic carbocycles. The average molecular weight is 617 g/mol. The van der Waals surface area contributed by atoms with Crippen LogP contribution in [0.1, 0.15) is 6.23 Å². The topological polar surface area (TPSA) is 278 Å². The van der Waals surface area contributed by atoms with E-state index < -0.39 is 60.1 Å². The monoisotopic (exact) mass is 617 g/mol. The Morgan fingerprint density at radius 2 is 1.78 bits per heavy atom. The van der Waals surface area contributed by atoms with Crippen LogP contribution < -0.4 is 109 Å². The molecule has 24 heteroatoms. The number of rotatable bonds is 9. The van der Waals surface area contributed by atoms with E-state index in [9.17, 15) is 38.6 Å². The zero-order valence-electron chi connectivity index (χ0n) is 19.4. The van der Waals surface area contributed by atoms with Crippen LogP contribution in [0.2, 0.25) is 0 Å². The molecule has 5 N–H and O–H groups in total. The maximum atomic E-state index is 11.8. The van der Waals surface area contributed by atoms with Crippen LogP contribution in [0.25, 0.3) is 11.2 Å². The summed E-state index contributed by atoms with van der Waals surface area (Å²) in [5.74, 6) is -1.93. The van der Waals surface area contributed by atoms with Crippen LogP contribution in [0.4, 0.5) is 5.82 Å². The van der Waals surface area contributed by atoms with Gasteiger partial charge in [0.05, 0.1) is 18.8 Å². The van der Waals surface area contributed by atoms with Crippen LogP contribution in [0, 0.1) is 0 Å². The fourth-order valence-corrected chi connectivity index (χ4v) is 7.40. The Hall–Kier alpha value is 2.03. The molecule has 186 valence electrons. The molecule has 0 radical (unpaired) electrons. The number of hydrogen-bond donors (Lipinski definition) is 4. The van der Waals surface area contributed by atoms with Crippen molar-refractivity contribution in [1.82, 2.24) is 19.5 Å². The van der Waals surface area contributed by atoms with Crippen LogP contribution in [-0.2, 0) is 27.3 Å². The number of imidazole rings is 1. The summed E-state index contributed by atoms with van der Waals surface area (Å²) in [6.45, 7) is -1.01. The summed E-state index contributed by atoms with van der Waals surface area (Å²) in [6.07, 6.45) is -3.24. The third-order valence-corrected chi connectivity index (χ3v) is 9.82. The van der Waals surface area contributed by atoms with Gasteiger partial charge in [0.25, 0.3) is 7.82 Å². The molecule has 7 atom stereocenters. The van der Waals surface area contributed by atoms with E-state index in [0.717, 1.165) is 0 Å². The van der Waals surface area contributed by atoms with Gasteiger partial charge in [-0.05, 0) is 6.26 Å². The molecule has 3 rings (SSSR count). The first-order valence-electron chi connectivity index (χ1n) is 8.68. The Kier molecular flexibility index (Phi) is 15.6. The number of nitrogens with zero attached hydrogens (tertiary/aromatic N) is 4. The molecule has 1 aliphatic heterocycles. The van der Waals surface area contributed by atoms with Crippen LogP contribution >= 0.6 is 34.8 Å². The number of hydrogen-bond acceptors (Lipinski definition) is 16. The minimum Gasteiger partial charge on any atom is -0.778 e. The van der Waals surface area contributed by atoms with E-state index in [-0.39, 0.29) is 111 Å². The van der Waals surface area contributed by atoms with E-state index in [2.05, 4.69) is 23.8 Å². The van der Waals surface area contributed by atoms with E-state index in [1.54, 1.807) is 6.26 Å². The van der Waals surface area contributed by atoms with Crippen LogP contribution in [-0.4, -0.2) is 71.7 Å². The molecule has 0 aromatic carbocycles. The second kappa shape index (κ2) is 14.8. The molecular weight excluding hydrogens is 600 g/mol. The summed E-state index contributed by atoms with van der Waals surface area (Å²) in [6, 6.07) is 0. The van der Waals surface area contributed by atoms with Gasteiger partial charge in [-0.1, -0.05) is 11.8 Å². The summed E-state index contributed by atoms with van der Waals surface area (Å²) >= 11 is 1.18. The minimum absolute atomic E-state index is 0. The van der Waals surface area contributed by atoms with Crippen molar-refractivity contribution >= 4 is 51.8 Å². The average Bonchev–Trinajstić information content (AvgIpc) is 3.19. The SMILES string of the molecule is CSc1nc(N)c2ncn(C3OC(COP(=O)([O-])OP(=O)([O-])CP(=O)([O-])O)[C@@H](O)[C@H]3O)c2n1.[Na+].[Na+].[Na+]. The summed E-state index contributed by atoms with van der Waals surface area (Å²) in [4.78, 5) is 54.7. The summed E-state index contributed by atoms with van der Waals surface area (Å²) < 4.78 is 48.6. The number of nitrogens with two attached hydrogens (primary N) is 1. The molecule has 3 heterocycles. The van der Waals surface area contributed by atoms with Crippen molar-refractivity contribution in [2.45, 2.75) is 29.7 Å². The van der Waals surface area contributed by atoms with Gasteiger partial charge in [0.1, 0.15) is 31.4 Å². The summed E-state index contributed by atoms with van der Waals surface area (Å²) in [7, 11) is -16.6. The number of ether oxygens (including phenoxy) is 1. The van der Waals surface area contributed by atoms with Gasteiger partial charge in [0.2, 0.25) is 0 Å². The van der Waals surface area contributed by atoms with Crippen molar-refractivity contribution in [3.05, 3.63) is 6.33 Å². The van der Waals surface area contributed by atoms with Crippen molar-refractivity contribution in [1.29, 1.82) is 0 Å². The van der Waals surface area contributed by atoms with Crippen molar-refractivity contribution in [3.63, 3.8) is 0 Å². The quantitative estimate of drug-likeness (QED) is 0.0879. The Labute approximate surface area is 274 Å². The molecule has 2 aromatic rings. The van der Waals surface area contributed by atoms with Crippen molar-refractivity contribution in [2.75, 3.05) is 24.5 Å². The Morgan fingerprint density at radius 3 is 2.33 bits per heavy atom. The molecule has 1 aliphatic rings. The number of anilines is 1. The molecule has 2 aromatic heterocycles. The van der Waals surface area contributed by atoms with E-state index in [4.69, 9.17) is 15.4 Å². The predicted molar refractivity (Wildman–Crippen MR) is 104 cm³/mol. The second-order valence-corrected chi connectivity index (χ2v) is 12.9. The Bertz CT molecular complexity index is 1190. The number of aliphatic hydroxyl groups is 2. The zero-order chi connectivity index (χ0) is 24.8. The summed E-state index contributed by atoms with van der Waals surface area (Å²) in [5, 5.41) is 20.9. The second-order valence-electron chi connectivity index (χ2n) is 6.68. The molecule has 0 amide bonds. The van der Waals surface area contributed by atoms with E-state index in [0.29, 0.717) is 0 Å². The number of thioether (sulfide) groups is 1. The molecule has 17 nitrogen and oxygen atoms in total. The van der Waals surface area contributed by atoms with Gasteiger partial charge in [-0.25, -0.2) is 15.0 Å². The Balaban J connectivity index is 0.00000408. The number of nitrogen functional groups attached to an aromatic ring is 1. The van der Waals surface area contributed by atoms with Gasteiger partial charge in [0.15, 0.2) is 30.4 Å². The van der Waals surface area contributed by atoms with Gasteiger partial charge < -0.3 is 53.9 Å². The first-order chi connectivity index (χ1) is 15.1. The third-order valence-electron chi connectivity index (χ3n) is 4.20. The van der Waals surface area contributed by atoms with Gasteiger partial charge in [-0.3, -0.25) is 13.4 Å². The maximum absolute atomic E-state index is 11.8. The fraction of sp³-hybridized carbons (Fsp3) is 0.583. The molecule has 1 fully saturated rings. The number of aliphatic hydroxyl groups excluding tert-OH is 2. The fourth-order valence-electron chi connectivity index (χ4n) is 2.88. The molecule has 0 saturated carbocycles. The molecule has 36 heavy (non-hydrogen) atoms. The van der Waals surface area contributed by atoms with Crippen molar-refractivity contribution in [3.8, 4) is 0 Å². The third kappa shape index (κ3) is 9.84. The number of phosphoric ester groups is 1. The number of phosphoric acid groups is 1. The smallest absolute Gasteiger partial charge is 0.778 e. The first kappa shape index (κ1) is 38.0. The largest absolute Gasteiger partial charge is 1.00 e. The van der Waals surface area contributed by atoms with Gasteiger partial charge in [-0.2, -0.15) is 0 Å². The normalized spacial score (nSPS) is 26.5. The molecular formula is C12H17N5Na3O12P3S. The van der Waals surface area contributed by atoms with E-state index >= 15 is 0 Å². The standard InChI is InChI=1S/C12H20N5O12P3S.3Na/c1-33-12-15-9(13)6-10(16-12)17(3-14-6)11-8(19)7(18)5(28-11)2-27-32(25,26)29-31(23,24)4-30(20,21)22;;;/h3,5,7-8,11,18-19H,2,4H2,1H3,(H,23,24)(H,25,26)(H2,13,15,16)(H2,20,21,22);;;/q;3*+1/p-3/t5?,7-,8-,11?;;;/m1.../s1. The minimum atomic E-state index is -5.66. The van der Waals surface area contributed by atoms with Crippen molar-refractivity contribution < 1.29 is 146 Å². The first-order valence-corrected chi connectivity index (χ1v) is 14.9. The molecule has 0 spiro atoms. The Morgan fingerprint density at radius 1 is 1.17 bits per heavy atom. The van der Waals surface area contributed by atoms with Crippen LogP contribution in [0.15, 0.2) is 11.5 Å². The molecule has 5 unspecified atom stereocenters. The van der Waals surface area contributed by atoms with Gasteiger partial charge in [0, 0.05) is 0 Å². The zero-order valence-corrected chi connectivity index (χ0v) is 28.9. The summed E-state index contributed by atoms with van der Waals surface area (Å²) in [5.41, 5.74) is 6.16.